The Morgan fingerprint density at radius 1 is 1.37 bits per heavy atom. The van der Waals surface area contributed by atoms with Gasteiger partial charge >= 0.3 is 0 Å². The number of nitrogens with one attached hydrogen (secondary N) is 1. The van der Waals surface area contributed by atoms with Gasteiger partial charge in [0.1, 0.15) is 6.61 Å². The van der Waals surface area contributed by atoms with Crippen LogP contribution in [0.3, 0.4) is 0 Å². The van der Waals surface area contributed by atoms with Gasteiger partial charge in [0, 0.05) is 12.6 Å². The van der Waals surface area contributed by atoms with Crippen LogP contribution in [0.2, 0.25) is 5.02 Å². The largest absolute Gasteiger partial charge is 0.493 e. The normalized spacial score (nSPS) is 10.0. The molecule has 0 aliphatic carbocycles. The second kappa shape index (κ2) is 7.93. The molecule has 0 saturated carbocycles. The third-order valence-electron chi connectivity index (χ3n) is 2.47. The fraction of sp³-hybridized carbons (Fsp3) is 0.467. The van der Waals surface area contributed by atoms with Crippen molar-refractivity contribution < 1.29 is 9.47 Å². The zero-order valence-electron chi connectivity index (χ0n) is 11.8. The second-order valence-electron chi connectivity index (χ2n) is 4.36. The predicted octanol–water partition coefficient (Wildman–Crippen LogP) is 3.25. The fourth-order valence-electron chi connectivity index (χ4n) is 1.52. The van der Waals surface area contributed by atoms with E-state index in [1.54, 1.807) is 14.0 Å². The van der Waals surface area contributed by atoms with Gasteiger partial charge in [-0.25, -0.2) is 0 Å². The maximum Gasteiger partial charge on any atom is 0.181 e. The zero-order chi connectivity index (χ0) is 14.3. The van der Waals surface area contributed by atoms with E-state index in [0.29, 0.717) is 29.2 Å². The lowest BCUT2D eigenvalue weighted by molar-refractivity contribution is 0.330. The lowest BCUT2D eigenvalue weighted by Gasteiger charge is -2.14. The molecule has 0 heterocycles. The first-order valence-electron chi connectivity index (χ1n) is 6.20. The SMILES string of the molecule is CC#CCOc1c(Cl)cc(CNC(C)C)cc1OC. The molecule has 0 radical (unpaired) electrons. The van der Waals surface area contributed by atoms with Gasteiger partial charge in [-0.2, -0.15) is 0 Å². The number of methoxy groups -OCH3 is 1. The molecule has 0 fully saturated rings. The van der Waals surface area contributed by atoms with Crippen LogP contribution in [-0.4, -0.2) is 19.8 Å². The van der Waals surface area contributed by atoms with Crippen LogP contribution in [0.5, 0.6) is 11.5 Å². The zero-order valence-corrected chi connectivity index (χ0v) is 12.6. The molecule has 19 heavy (non-hydrogen) atoms. The van der Waals surface area contributed by atoms with Crippen LogP contribution >= 0.6 is 11.6 Å². The molecule has 0 spiro atoms. The van der Waals surface area contributed by atoms with Crippen molar-refractivity contribution in [2.75, 3.05) is 13.7 Å². The Bertz CT molecular complexity index is 475. The van der Waals surface area contributed by atoms with E-state index in [-0.39, 0.29) is 0 Å². The van der Waals surface area contributed by atoms with Crippen molar-refractivity contribution in [2.24, 2.45) is 0 Å². The summed E-state index contributed by atoms with van der Waals surface area (Å²) in [5, 5.41) is 3.87. The average molecular weight is 282 g/mol. The molecule has 1 aromatic rings. The van der Waals surface area contributed by atoms with Crippen LogP contribution < -0.4 is 14.8 Å². The summed E-state index contributed by atoms with van der Waals surface area (Å²) >= 11 is 6.23. The smallest absolute Gasteiger partial charge is 0.181 e. The minimum Gasteiger partial charge on any atom is -0.493 e. The molecular weight excluding hydrogens is 262 g/mol. The van der Waals surface area contributed by atoms with Crippen LogP contribution in [-0.2, 0) is 6.54 Å². The lowest BCUT2D eigenvalue weighted by atomic mass is 10.2. The van der Waals surface area contributed by atoms with Gasteiger partial charge in [0.15, 0.2) is 11.5 Å². The van der Waals surface area contributed by atoms with Crippen LogP contribution in [0.4, 0.5) is 0 Å². The summed E-state index contributed by atoms with van der Waals surface area (Å²) < 4.78 is 10.8. The number of benzene rings is 1. The van der Waals surface area contributed by atoms with Gasteiger partial charge in [-0.1, -0.05) is 31.4 Å². The van der Waals surface area contributed by atoms with Gasteiger partial charge in [0.05, 0.1) is 12.1 Å². The van der Waals surface area contributed by atoms with Crippen LogP contribution in [0, 0.1) is 11.8 Å². The van der Waals surface area contributed by atoms with E-state index in [2.05, 4.69) is 31.0 Å². The first-order chi connectivity index (χ1) is 9.08. The van der Waals surface area contributed by atoms with Crippen molar-refractivity contribution in [3.8, 4) is 23.3 Å². The summed E-state index contributed by atoms with van der Waals surface area (Å²) in [6, 6.07) is 4.23. The maximum atomic E-state index is 6.23. The Morgan fingerprint density at radius 2 is 2.11 bits per heavy atom. The maximum absolute atomic E-state index is 6.23. The van der Waals surface area contributed by atoms with Crippen molar-refractivity contribution >= 4 is 11.6 Å². The molecule has 0 unspecified atom stereocenters. The summed E-state index contributed by atoms with van der Waals surface area (Å²) in [4.78, 5) is 0. The van der Waals surface area contributed by atoms with E-state index >= 15 is 0 Å². The number of halogens is 1. The highest BCUT2D eigenvalue weighted by Crippen LogP contribution is 2.36. The van der Waals surface area contributed by atoms with E-state index < -0.39 is 0 Å². The quantitative estimate of drug-likeness (QED) is 0.812. The lowest BCUT2D eigenvalue weighted by Crippen LogP contribution is -2.21. The summed E-state index contributed by atoms with van der Waals surface area (Å²) in [7, 11) is 1.60. The summed E-state index contributed by atoms with van der Waals surface area (Å²) in [5.74, 6) is 6.77. The van der Waals surface area contributed by atoms with Gasteiger partial charge in [-0.3, -0.25) is 0 Å². The molecule has 0 aliphatic heterocycles. The van der Waals surface area contributed by atoms with Crippen molar-refractivity contribution in [3.05, 3.63) is 22.7 Å². The predicted molar refractivity (Wildman–Crippen MR) is 78.9 cm³/mol. The fourth-order valence-corrected chi connectivity index (χ4v) is 1.81. The first kappa shape index (κ1) is 15.7. The Morgan fingerprint density at radius 3 is 2.68 bits per heavy atom. The molecule has 0 saturated heterocycles. The number of hydrogen-bond donors (Lipinski definition) is 1. The van der Waals surface area contributed by atoms with E-state index in [0.717, 1.165) is 12.1 Å². The van der Waals surface area contributed by atoms with E-state index in [4.69, 9.17) is 21.1 Å². The molecule has 4 heteroatoms. The van der Waals surface area contributed by atoms with Gasteiger partial charge in [0.2, 0.25) is 0 Å². The van der Waals surface area contributed by atoms with Gasteiger partial charge in [0.25, 0.3) is 0 Å². The summed E-state index contributed by atoms with van der Waals surface area (Å²) in [6.07, 6.45) is 0. The molecule has 0 atom stereocenters. The second-order valence-corrected chi connectivity index (χ2v) is 4.77. The van der Waals surface area contributed by atoms with Gasteiger partial charge in [-0.15, -0.1) is 5.92 Å². The molecule has 1 rings (SSSR count). The molecule has 1 aromatic carbocycles. The van der Waals surface area contributed by atoms with Crippen LogP contribution in [0.15, 0.2) is 12.1 Å². The Balaban J connectivity index is 2.89. The number of hydrogen-bond acceptors (Lipinski definition) is 3. The highest BCUT2D eigenvalue weighted by atomic mass is 35.5. The molecule has 1 N–H and O–H groups in total. The molecule has 0 aliphatic rings. The molecule has 3 nitrogen and oxygen atoms in total. The van der Waals surface area contributed by atoms with E-state index in [1.165, 1.54) is 0 Å². The minimum atomic E-state index is 0.302. The monoisotopic (exact) mass is 281 g/mol. The topological polar surface area (TPSA) is 30.5 Å². The highest BCUT2D eigenvalue weighted by molar-refractivity contribution is 6.32. The first-order valence-corrected chi connectivity index (χ1v) is 6.58. The van der Waals surface area contributed by atoms with Crippen molar-refractivity contribution in [2.45, 2.75) is 33.4 Å². The van der Waals surface area contributed by atoms with Gasteiger partial charge < -0.3 is 14.8 Å². The third-order valence-corrected chi connectivity index (χ3v) is 2.75. The molecule has 104 valence electrons. The molecule has 0 bridgehead atoms. The Labute approximate surface area is 120 Å². The van der Waals surface area contributed by atoms with E-state index in [1.807, 2.05) is 12.1 Å². The Kier molecular flexibility index (Phi) is 6.55. The third kappa shape index (κ3) is 5.02. The molecule has 0 aromatic heterocycles. The molecule has 0 amide bonds. The molecular formula is C15H20ClNO2. The van der Waals surface area contributed by atoms with Crippen LogP contribution in [0.1, 0.15) is 26.3 Å². The number of ether oxygens (including phenoxy) is 2. The Hall–Kier alpha value is -1.37. The standard InChI is InChI=1S/C15H20ClNO2/c1-5-6-7-19-15-13(16)8-12(9-14(15)18-4)10-17-11(2)3/h8-9,11,17H,7,10H2,1-4H3. The summed E-state index contributed by atoms with van der Waals surface area (Å²) in [6.45, 7) is 7.00. The van der Waals surface area contributed by atoms with E-state index in [9.17, 15) is 0 Å². The van der Waals surface area contributed by atoms with Crippen LogP contribution in [0.25, 0.3) is 0 Å². The minimum absolute atomic E-state index is 0.302. The average Bonchev–Trinajstić information content (AvgIpc) is 2.38. The van der Waals surface area contributed by atoms with Crippen molar-refractivity contribution in [1.29, 1.82) is 0 Å². The van der Waals surface area contributed by atoms with Gasteiger partial charge in [-0.05, 0) is 24.6 Å². The highest BCUT2D eigenvalue weighted by Gasteiger charge is 2.11. The van der Waals surface area contributed by atoms with Crippen molar-refractivity contribution in [3.63, 3.8) is 0 Å². The summed E-state index contributed by atoms with van der Waals surface area (Å²) in [5.41, 5.74) is 1.06. The number of rotatable bonds is 6. The van der Waals surface area contributed by atoms with Crippen molar-refractivity contribution in [1.82, 2.24) is 5.32 Å².